The molecule has 1 heterocycles. The number of benzene rings is 1. The zero-order valence-electron chi connectivity index (χ0n) is 12.5. The van der Waals surface area contributed by atoms with Crippen molar-refractivity contribution in [3.05, 3.63) is 23.8 Å². The number of anilines is 2. The lowest BCUT2D eigenvalue weighted by Crippen LogP contribution is -2.32. The number of hydrogen-bond acceptors (Lipinski definition) is 3. The monoisotopic (exact) mass is 275 g/mol. The largest absolute Gasteiger partial charge is 0.397 e. The number of nitrogens with one attached hydrogen (secondary N) is 1. The molecule has 3 N–H and O–H groups in total. The number of nitrogen functional groups attached to an aromatic ring is 1. The van der Waals surface area contributed by atoms with E-state index in [1.54, 1.807) is 0 Å². The van der Waals surface area contributed by atoms with Gasteiger partial charge in [-0.25, -0.2) is 0 Å². The Labute approximate surface area is 121 Å². The van der Waals surface area contributed by atoms with Crippen LogP contribution in [0, 0.1) is 12.8 Å². The Balaban J connectivity index is 1.87. The summed E-state index contributed by atoms with van der Waals surface area (Å²) in [5.41, 5.74) is 8.29. The Morgan fingerprint density at radius 3 is 3.00 bits per heavy atom. The van der Waals surface area contributed by atoms with Crippen LogP contribution in [0.3, 0.4) is 0 Å². The highest BCUT2D eigenvalue weighted by Gasteiger charge is 2.23. The standard InChI is InChI=1S/C16H25N3O/c1-3-5-13-8-9-19(10-13)11-15(20)18-16-12(2)6-4-7-14(16)17/h4,6-7,13H,3,5,8-11,17H2,1-2H3,(H,18,20). The van der Waals surface area contributed by atoms with Crippen LogP contribution in [0.1, 0.15) is 31.7 Å². The van der Waals surface area contributed by atoms with E-state index in [0.29, 0.717) is 12.2 Å². The van der Waals surface area contributed by atoms with E-state index in [4.69, 9.17) is 5.73 Å². The summed E-state index contributed by atoms with van der Waals surface area (Å²) in [4.78, 5) is 14.4. The van der Waals surface area contributed by atoms with Crippen LogP contribution < -0.4 is 11.1 Å². The van der Waals surface area contributed by atoms with E-state index in [1.807, 2.05) is 25.1 Å². The van der Waals surface area contributed by atoms with Crippen LogP contribution >= 0.6 is 0 Å². The van der Waals surface area contributed by atoms with Crippen molar-refractivity contribution in [1.82, 2.24) is 4.90 Å². The molecule has 20 heavy (non-hydrogen) atoms. The van der Waals surface area contributed by atoms with Gasteiger partial charge in [-0.3, -0.25) is 9.69 Å². The summed E-state index contributed by atoms with van der Waals surface area (Å²) >= 11 is 0. The zero-order valence-corrected chi connectivity index (χ0v) is 12.5. The van der Waals surface area contributed by atoms with E-state index in [2.05, 4.69) is 17.1 Å². The van der Waals surface area contributed by atoms with Gasteiger partial charge in [-0.15, -0.1) is 0 Å². The zero-order chi connectivity index (χ0) is 14.5. The van der Waals surface area contributed by atoms with Gasteiger partial charge < -0.3 is 11.1 Å². The Kier molecular flexibility index (Phi) is 5.01. The van der Waals surface area contributed by atoms with Crippen molar-refractivity contribution in [2.24, 2.45) is 5.92 Å². The first-order valence-corrected chi connectivity index (χ1v) is 7.47. The summed E-state index contributed by atoms with van der Waals surface area (Å²) in [7, 11) is 0. The smallest absolute Gasteiger partial charge is 0.238 e. The lowest BCUT2D eigenvalue weighted by Gasteiger charge is -2.17. The number of nitrogens with two attached hydrogens (primary N) is 1. The van der Waals surface area contributed by atoms with Crippen LogP contribution in [0.4, 0.5) is 11.4 Å². The minimum Gasteiger partial charge on any atom is -0.397 e. The van der Waals surface area contributed by atoms with E-state index in [9.17, 15) is 4.79 Å². The molecular formula is C16H25N3O. The summed E-state index contributed by atoms with van der Waals surface area (Å²) in [5, 5.41) is 2.95. The molecule has 1 atom stereocenters. The van der Waals surface area contributed by atoms with Crippen molar-refractivity contribution >= 4 is 17.3 Å². The molecule has 4 heteroatoms. The number of nitrogens with zero attached hydrogens (tertiary/aromatic N) is 1. The van der Waals surface area contributed by atoms with Crippen molar-refractivity contribution < 1.29 is 4.79 Å². The lowest BCUT2D eigenvalue weighted by molar-refractivity contribution is -0.117. The van der Waals surface area contributed by atoms with Gasteiger partial charge in [-0.05, 0) is 43.9 Å². The van der Waals surface area contributed by atoms with Gasteiger partial charge in [-0.2, -0.15) is 0 Å². The van der Waals surface area contributed by atoms with E-state index in [0.717, 1.165) is 30.3 Å². The quantitative estimate of drug-likeness (QED) is 0.812. The highest BCUT2D eigenvalue weighted by Crippen LogP contribution is 2.23. The lowest BCUT2D eigenvalue weighted by atomic mass is 10.0. The molecule has 1 unspecified atom stereocenters. The minimum absolute atomic E-state index is 0.0307. The Bertz CT molecular complexity index is 453. The maximum atomic E-state index is 12.1. The molecule has 1 aromatic rings. The summed E-state index contributed by atoms with van der Waals surface area (Å²) in [6.07, 6.45) is 3.71. The predicted octanol–water partition coefficient (Wildman–Crippen LogP) is 2.64. The van der Waals surface area contributed by atoms with Gasteiger partial charge in [0.05, 0.1) is 17.9 Å². The Hall–Kier alpha value is -1.55. The molecule has 0 spiro atoms. The van der Waals surface area contributed by atoms with Crippen LogP contribution in [0.5, 0.6) is 0 Å². The van der Waals surface area contributed by atoms with E-state index >= 15 is 0 Å². The second-order valence-corrected chi connectivity index (χ2v) is 5.77. The molecule has 0 aromatic heterocycles. The van der Waals surface area contributed by atoms with E-state index < -0.39 is 0 Å². The fraction of sp³-hybridized carbons (Fsp3) is 0.562. The fourth-order valence-electron chi connectivity index (χ4n) is 2.94. The molecule has 110 valence electrons. The Morgan fingerprint density at radius 1 is 1.50 bits per heavy atom. The van der Waals surface area contributed by atoms with E-state index in [-0.39, 0.29) is 5.91 Å². The van der Waals surface area contributed by atoms with Gasteiger partial charge in [0.15, 0.2) is 0 Å². The molecule has 1 fully saturated rings. The molecule has 0 aliphatic carbocycles. The molecule has 1 aliphatic heterocycles. The summed E-state index contributed by atoms with van der Waals surface area (Å²) in [6, 6.07) is 5.67. The van der Waals surface area contributed by atoms with Crippen molar-refractivity contribution in [1.29, 1.82) is 0 Å². The second kappa shape index (κ2) is 6.75. The van der Waals surface area contributed by atoms with Crippen molar-refractivity contribution in [2.75, 3.05) is 30.7 Å². The minimum atomic E-state index is 0.0307. The molecule has 1 saturated heterocycles. The van der Waals surface area contributed by atoms with Crippen molar-refractivity contribution in [3.63, 3.8) is 0 Å². The number of amides is 1. The van der Waals surface area contributed by atoms with Crippen LogP contribution in [-0.4, -0.2) is 30.4 Å². The third-order valence-electron chi connectivity index (χ3n) is 4.00. The fourth-order valence-corrected chi connectivity index (χ4v) is 2.94. The number of carbonyl (C=O) groups excluding carboxylic acids is 1. The average Bonchev–Trinajstić information content (AvgIpc) is 2.82. The third kappa shape index (κ3) is 3.73. The maximum absolute atomic E-state index is 12.1. The van der Waals surface area contributed by atoms with Gasteiger partial charge >= 0.3 is 0 Å². The van der Waals surface area contributed by atoms with Crippen LogP contribution in [0.2, 0.25) is 0 Å². The highest BCUT2D eigenvalue weighted by molar-refractivity contribution is 5.96. The molecule has 1 aliphatic rings. The van der Waals surface area contributed by atoms with Crippen LogP contribution in [0.25, 0.3) is 0 Å². The molecular weight excluding hydrogens is 250 g/mol. The predicted molar refractivity (Wildman–Crippen MR) is 83.7 cm³/mol. The van der Waals surface area contributed by atoms with Gasteiger partial charge in [0, 0.05) is 6.54 Å². The summed E-state index contributed by atoms with van der Waals surface area (Å²) in [6.45, 7) is 6.72. The van der Waals surface area contributed by atoms with Gasteiger partial charge in [0.2, 0.25) is 5.91 Å². The molecule has 1 amide bonds. The second-order valence-electron chi connectivity index (χ2n) is 5.77. The van der Waals surface area contributed by atoms with Crippen LogP contribution in [0.15, 0.2) is 18.2 Å². The van der Waals surface area contributed by atoms with Crippen molar-refractivity contribution in [2.45, 2.75) is 33.1 Å². The molecule has 4 nitrogen and oxygen atoms in total. The topological polar surface area (TPSA) is 58.4 Å². The number of carbonyl (C=O) groups is 1. The molecule has 0 saturated carbocycles. The first kappa shape index (κ1) is 14.9. The van der Waals surface area contributed by atoms with Crippen molar-refractivity contribution in [3.8, 4) is 0 Å². The third-order valence-corrected chi connectivity index (χ3v) is 4.00. The first-order valence-electron chi connectivity index (χ1n) is 7.47. The normalized spacial score (nSPS) is 19.2. The Morgan fingerprint density at radius 2 is 2.30 bits per heavy atom. The molecule has 0 radical (unpaired) electrons. The number of hydrogen-bond donors (Lipinski definition) is 2. The molecule has 0 bridgehead atoms. The van der Waals surface area contributed by atoms with Crippen LogP contribution in [-0.2, 0) is 4.79 Å². The maximum Gasteiger partial charge on any atom is 0.238 e. The first-order chi connectivity index (χ1) is 9.60. The highest BCUT2D eigenvalue weighted by atomic mass is 16.2. The number of rotatable bonds is 5. The molecule has 1 aromatic carbocycles. The average molecular weight is 275 g/mol. The number of aryl methyl sites for hydroxylation is 1. The van der Waals surface area contributed by atoms with Gasteiger partial charge in [-0.1, -0.05) is 25.5 Å². The molecule has 2 rings (SSSR count). The number of likely N-dealkylation sites (tertiary alicyclic amines) is 1. The van der Waals surface area contributed by atoms with Gasteiger partial charge in [0.25, 0.3) is 0 Å². The number of para-hydroxylation sites is 1. The SMILES string of the molecule is CCCC1CCN(CC(=O)Nc2c(C)cccc2N)C1. The summed E-state index contributed by atoms with van der Waals surface area (Å²) < 4.78 is 0. The van der Waals surface area contributed by atoms with E-state index in [1.165, 1.54) is 19.3 Å². The van der Waals surface area contributed by atoms with Gasteiger partial charge in [0.1, 0.15) is 0 Å². The summed E-state index contributed by atoms with van der Waals surface area (Å²) in [5.74, 6) is 0.791.